The maximum atomic E-state index is 4.32. The maximum absolute atomic E-state index is 4.32. The van der Waals surface area contributed by atoms with Gasteiger partial charge in [-0.2, -0.15) is 5.10 Å². The molecular formula is C16H25N7. The maximum Gasteiger partial charge on any atom is 0.225 e. The molecule has 2 aromatic heterocycles. The van der Waals surface area contributed by atoms with Gasteiger partial charge < -0.3 is 10.2 Å². The minimum absolute atomic E-state index is 0.425. The van der Waals surface area contributed by atoms with Gasteiger partial charge in [0.25, 0.3) is 0 Å². The summed E-state index contributed by atoms with van der Waals surface area (Å²) in [4.78, 5) is 13.4. The van der Waals surface area contributed by atoms with Crippen LogP contribution in [0.3, 0.4) is 0 Å². The zero-order chi connectivity index (χ0) is 15.9. The third-order valence-electron chi connectivity index (χ3n) is 4.15. The molecule has 2 aromatic rings. The van der Waals surface area contributed by atoms with Gasteiger partial charge >= 0.3 is 0 Å². The lowest BCUT2D eigenvalue weighted by atomic mass is 10.3. The highest BCUT2D eigenvalue weighted by Crippen LogP contribution is 2.09. The summed E-state index contributed by atoms with van der Waals surface area (Å²) in [5, 5.41) is 7.81. The van der Waals surface area contributed by atoms with Crippen LogP contribution in [0.2, 0.25) is 0 Å². The van der Waals surface area contributed by atoms with Crippen molar-refractivity contribution in [2.75, 3.05) is 44.2 Å². The number of nitrogens with zero attached hydrogens (tertiary/aromatic N) is 6. The summed E-state index contributed by atoms with van der Waals surface area (Å²) in [5.74, 6) is 0.845. The number of aromatic nitrogens is 4. The molecular weight excluding hydrogens is 290 g/mol. The molecule has 7 nitrogen and oxygen atoms in total. The molecule has 0 saturated carbocycles. The van der Waals surface area contributed by atoms with Crippen LogP contribution in [-0.2, 0) is 6.54 Å². The molecule has 23 heavy (non-hydrogen) atoms. The van der Waals surface area contributed by atoms with Crippen LogP contribution in [0.4, 0.5) is 5.95 Å². The van der Waals surface area contributed by atoms with Crippen LogP contribution in [0, 0.1) is 0 Å². The van der Waals surface area contributed by atoms with Crippen molar-refractivity contribution in [1.82, 2.24) is 30.0 Å². The second kappa shape index (κ2) is 8.03. The van der Waals surface area contributed by atoms with E-state index in [1.165, 1.54) is 0 Å². The Hall–Kier alpha value is -1.99. The Labute approximate surface area is 137 Å². The number of rotatable bonds is 7. The van der Waals surface area contributed by atoms with Gasteiger partial charge in [-0.25, -0.2) is 9.97 Å². The smallest absolute Gasteiger partial charge is 0.225 e. The fourth-order valence-corrected chi connectivity index (χ4v) is 2.85. The van der Waals surface area contributed by atoms with Crippen LogP contribution in [0.25, 0.3) is 0 Å². The van der Waals surface area contributed by atoms with E-state index in [-0.39, 0.29) is 0 Å². The summed E-state index contributed by atoms with van der Waals surface area (Å²) in [6.45, 7) is 9.30. The van der Waals surface area contributed by atoms with E-state index in [1.807, 2.05) is 29.2 Å². The highest BCUT2D eigenvalue weighted by Gasteiger charge is 2.18. The molecule has 0 radical (unpaired) electrons. The number of hydrogen-bond acceptors (Lipinski definition) is 6. The molecule has 1 aliphatic heterocycles. The predicted molar refractivity (Wildman–Crippen MR) is 90.4 cm³/mol. The van der Waals surface area contributed by atoms with Crippen molar-refractivity contribution in [3.05, 3.63) is 36.9 Å². The molecule has 3 rings (SSSR count). The molecule has 1 atom stereocenters. The normalized spacial score (nSPS) is 17.3. The first-order valence-electron chi connectivity index (χ1n) is 8.26. The molecule has 1 N–H and O–H groups in total. The topological polar surface area (TPSA) is 62.1 Å². The molecule has 3 heterocycles. The Morgan fingerprint density at radius 2 is 1.87 bits per heavy atom. The van der Waals surface area contributed by atoms with Gasteiger partial charge in [0.1, 0.15) is 0 Å². The molecule has 124 valence electrons. The van der Waals surface area contributed by atoms with Crippen molar-refractivity contribution in [2.24, 2.45) is 0 Å². The van der Waals surface area contributed by atoms with E-state index >= 15 is 0 Å². The highest BCUT2D eigenvalue weighted by molar-refractivity contribution is 5.29. The number of hydrogen-bond donors (Lipinski definition) is 1. The summed E-state index contributed by atoms with van der Waals surface area (Å²) in [6, 6.07) is 4.24. The minimum atomic E-state index is 0.425. The second-order valence-corrected chi connectivity index (χ2v) is 5.96. The number of anilines is 1. The van der Waals surface area contributed by atoms with E-state index < -0.39 is 0 Å². The Bertz CT molecular complexity index is 549. The lowest BCUT2D eigenvalue weighted by molar-refractivity contribution is 0.251. The van der Waals surface area contributed by atoms with E-state index in [4.69, 9.17) is 0 Å². The molecule has 0 unspecified atom stereocenters. The lowest BCUT2D eigenvalue weighted by Crippen LogP contribution is -2.49. The first kappa shape index (κ1) is 15.9. The molecule has 0 amide bonds. The minimum Gasteiger partial charge on any atom is -0.338 e. The molecule has 0 aromatic carbocycles. The van der Waals surface area contributed by atoms with Crippen molar-refractivity contribution in [3.8, 4) is 0 Å². The van der Waals surface area contributed by atoms with Gasteiger partial charge in [-0.15, -0.1) is 0 Å². The van der Waals surface area contributed by atoms with Gasteiger partial charge in [0, 0.05) is 70.1 Å². The fraction of sp³-hybridized carbons (Fsp3) is 0.562. The lowest BCUT2D eigenvalue weighted by Gasteiger charge is -2.34. The van der Waals surface area contributed by atoms with Crippen molar-refractivity contribution in [3.63, 3.8) is 0 Å². The average Bonchev–Trinajstić information content (AvgIpc) is 3.09. The van der Waals surface area contributed by atoms with Crippen molar-refractivity contribution >= 4 is 5.95 Å². The Morgan fingerprint density at radius 1 is 1.09 bits per heavy atom. The van der Waals surface area contributed by atoms with E-state index in [2.05, 4.69) is 37.1 Å². The summed E-state index contributed by atoms with van der Waals surface area (Å²) < 4.78 is 1.97. The van der Waals surface area contributed by atoms with E-state index in [1.54, 1.807) is 12.4 Å². The van der Waals surface area contributed by atoms with Crippen LogP contribution in [0.15, 0.2) is 36.9 Å². The van der Waals surface area contributed by atoms with Crippen molar-refractivity contribution in [1.29, 1.82) is 0 Å². The quantitative estimate of drug-likeness (QED) is 0.802. The molecule has 1 saturated heterocycles. The van der Waals surface area contributed by atoms with Crippen LogP contribution in [0.1, 0.15) is 6.92 Å². The van der Waals surface area contributed by atoms with Crippen LogP contribution < -0.4 is 10.2 Å². The summed E-state index contributed by atoms with van der Waals surface area (Å²) in [7, 11) is 0. The summed E-state index contributed by atoms with van der Waals surface area (Å²) in [6.07, 6.45) is 7.44. The molecule has 7 heteroatoms. The van der Waals surface area contributed by atoms with Gasteiger partial charge in [0.2, 0.25) is 5.95 Å². The fourth-order valence-electron chi connectivity index (χ4n) is 2.85. The van der Waals surface area contributed by atoms with Crippen molar-refractivity contribution in [2.45, 2.75) is 19.5 Å². The van der Waals surface area contributed by atoms with E-state index in [0.717, 1.165) is 51.8 Å². The second-order valence-electron chi connectivity index (χ2n) is 5.96. The average molecular weight is 315 g/mol. The van der Waals surface area contributed by atoms with Gasteiger partial charge in [-0.3, -0.25) is 9.58 Å². The van der Waals surface area contributed by atoms with Gasteiger partial charge in [0.05, 0.1) is 6.54 Å². The third-order valence-corrected chi connectivity index (χ3v) is 4.15. The zero-order valence-electron chi connectivity index (χ0n) is 13.7. The molecule has 1 aliphatic rings. The van der Waals surface area contributed by atoms with Gasteiger partial charge in [-0.05, 0) is 19.1 Å². The van der Waals surface area contributed by atoms with E-state index in [9.17, 15) is 0 Å². The number of nitrogens with one attached hydrogen (secondary N) is 1. The van der Waals surface area contributed by atoms with Crippen LogP contribution in [-0.4, -0.2) is 70.0 Å². The predicted octanol–water partition coefficient (Wildman–Crippen LogP) is 0.473. The first-order valence-corrected chi connectivity index (χ1v) is 8.26. The third kappa shape index (κ3) is 4.74. The molecule has 0 bridgehead atoms. The Morgan fingerprint density at radius 3 is 2.57 bits per heavy atom. The summed E-state index contributed by atoms with van der Waals surface area (Å²) >= 11 is 0. The summed E-state index contributed by atoms with van der Waals surface area (Å²) in [5.41, 5.74) is 0. The van der Waals surface area contributed by atoms with Crippen LogP contribution in [0.5, 0.6) is 0 Å². The Kier molecular flexibility index (Phi) is 5.55. The SMILES string of the molecule is C[C@H](Cn1cccn1)NCCN1CCN(c2ncccn2)CC1. The van der Waals surface area contributed by atoms with Crippen molar-refractivity contribution < 1.29 is 0 Å². The first-order chi connectivity index (χ1) is 11.3. The monoisotopic (exact) mass is 315 g/mol. The van der Waals surface area contributed by atoms with E-state index in [0.29, 0.717) is 6.04 Å². The number of piperazine rings is 1. The van der Waals surface area contributed by atoms with Gasteiger partial charge in [-0.1, -0.05) is 0 Å². The van der Waals surface area contributed by atoms with Crippen LogP contribution >= 0.6 is 0 Å². The molecule has 1 fully saturated rings. The highest BCUT2D eigenvalue weighted by atomic mass is 15.3. The largest absolute Gasteiger partial charge is 0.338 e. The van der Waals surface area contributed by atoms with Gasteiger partial charge in [0.15, 0.2) is 0 Å². The molecule has 0 aliphatic carbocycles. The Balaban J connectivity index is 1.33. The standard InChI is InChI=1S/C16H25N7/c1-15(14-23-8-3-6-20-23)17-7-9-21-10-12-22(13-11-21)16-18-4-2-5-19-16/h2-6,8,15,17H,7,9-14H2,1H3/t15-/m1/s1. The molecule has 0 spiro atoms. The zero-order valence-corrected chi connectivity index (χ0v) is 13.7.